The van der Waals surface area contributed by atoms with Crippen molar-refractivity contribution in [3.05, 3.63) is 12.2 Å². The largest absolute Gasteiger partial charge is 0.465 e. The van der Waals surface area contributed by atoms with Crippen molar-refractivity contribution < 1.29 is 9.53 Å². The quantitative estimate of drug-likeness (QED) is 0.181. The Balaban J connectivity index is 0. The minimum absolute atomic E-state index is 0. The van der Waals surface area contributed by atoms with Gasteiger partial charge in [-0.1, -0.05) is 76.9 Å². The van der Waals surface area contributed by atoms with E-state index in [9.17, 15) is 4.79 Å². The van der Waals surface area contributed by atoms with Gasteiger partial charge < -0.3 is 16.2 Å². The van der Waals surface area contributed by atoms with Gasteiger partial charge in [-0.3, -0.25) is 4.79 Å². The highest BCUT2D eigenvalue weighted by Gasteiger charge is 1.99. The smallest absolute Gasteiger partial charge is 0.319 e. The molecular formula is C21H44N2O2. The van der Waals surface area contributed by atoms with E-state index in [0.29, 0.717) is 13.2 Å². The molecule has 0 saturated heterocycles. The minimum atomic E-state index is -0.148. The van der Waals surface area contributed by atoms with Crippen molar-refractivity contribution in [3.63, 3.8) is 0 Å². The van der Waals surface area contributed by atoms with Crippen molar-refractivity contribution in [1.82, 2.24) is 11.5 Å². The number of esters is 1. The van der Waals surface area contributed by atoms with Gasteiger partial charge >= 0.3 is 5.97 Å². The van der Waals surface area contributed by atoms with Crippen LogP contribution in [0.3, 0.4) is 0 Å². The molecular weight excluding hydrogens is 312 g/mol. The maximum Gasteiger partial charge on any atom is 0.319 e. The molecule has 0 aliphatic heterocycles. The van der Waals surface area contributed by atoms with Crippen LogP contribution >= 0.6 is 0 Å². The number of carbonyl (C=O) groups is 1. The zero-order valence-corrected chi connectivity index (χ0v) is 17.0. The van der Waals surface area contributed by atoms with Gasteiger partial charge in [-0.15, -0.1) is 0 Å². The molecule has 0 atom stereocenters. The highest BCUT2D eigenvalue weighted by Crippen LogP contribution is 2.09. The van der Waals surface area contributed by atoms with E-state index in [2.05, 4.69) is 24.4 Å². The number of nitrogens with one attached hydrogen (secondary N) is 1. The number of unbranched alkanes of at least 4 members (excludes halogenated alkanes) is 12. The molecule has 0 aliphatic carbocycles. The first-order valence-corrected chi connectivity index (χ1v) is 10.3. The van der Waals surface area contributed by atoms with Gasteiger partial charge in [-0.05, 0) is 39.2 Å². The molecule has 0 unspecified atom stereocenters. The van der Waals surface area contributed by atoms with E-state index in [1.165, 1.54) is 83.5 Å². The van der Waals surface area contributed by atoms with E-state index in [1.54, 1.807) is 7.05 Å². The SMILES string of the molecule is CCCCCCCC/C=C\CCCCCCCCOC(=O)CNC.N. The second kappa shape index (κ2) is 23.1. The predicted octanol–water partition coefficient (Wildman–Crippen LogP) is 5.95. The number of likely N-dealkylation sites (N-methyl/N-ethyl adjacent to an activating group) is 1. The molecule has 4 nitrogen and oxygen atoms in total. The second-order valence-electron chi connectivity index (χ2n) is 6.69. The van der Waals surface area contributed by atoms with Crippen LogP contribution in [0.1, 0.15) is 96.8 Å². The van der Waals surface area contributed by atoms with Crippen molar-refractivity contribution >= 4 is 5.97 Å². The van der Waals surface area contributed by atoms with Gasteiger partial charge in [0.2, 0.25) is 0 Å². The van der Waals surface area contributed by atoms with Crippen LogP contribution in [0.4, 0.5) is 0 Å². The number of carbonyl (C=O) groups excluding carboxylic acids is 1. The third-order valence-electron chi connectivity index (χ3n) is 4.24. The van der Waals surface area contributed by atoms with Crippen LogP contribution in [0.5, 0.6) is 0 Å². The van der Waals surface area contributed by atoms with E-state index in [1.807, 2.05) is 0 Å². The summed E-state index contributed by atoms with van der Waals surface area (Å²) in [7, 11) is 1.76. The number of allylic oxidation sites excluding steroid dienone is 2. The lowest BCUT2D eigenvalue weighted by Crippen LogP contribution is -2.21. The van der Waals surface area contributed by atoms with E-state index in [4.69, 9.17) is 4.74 Å². The lowest BCUT2D eigenvalue weighted by molar-refractivity contribution is -0.142. The Hall–Kier alpha value is -0.870. The van der Waals surface area contributed by atoms with Gasteiger partial charge in [0.25, 0.3) is 0 Å². The normalized spacial score (nSPS) is 10.8. The molecule has 0 saturated carbocycles. The monoisotopic (exact) mass is 356 g/mol. The van der Waals surface area contributed by atoms with Gasteiger partial charge in [0.15, 0.2) is 0 Å². The molecule has 0 aromatic heterocycles. The Morgan fingerprint density at radius 3 is 1.80 bits per heavy atom. The molecule has 0 heterocycles. The summed E-state index contributed by atoms with van der Waals surface area (Å²) in [5, 5.41) is 2.79. The first-order valence-electron chi connectivity index (χ1n) is 10.3. The second-order valence-corrected chi connectivity index (χ2v) is 6.69. The summed E-state index contributed by atoms with van der Waals surface area (Å²) in [4.78, 5) is 11.1. The van der Waals surface area contributed by atoms with Crippen LogP contribution in [-0.2, 0) is 9.53 Å². The van der Waals surface area contributed by atoms with Crippen molar-refractivity contribution in [2.75, 3.05) is 20.2 Å². The lowest BCUT2D eigenvalue weighted by atomic mass is 10.1. The predicted molar refractivity (Wildman–Crippen MR) is 109 cm³/mol. The van der Waals surface area contributed by atoms with Crippen molar-refractivity contribution in [2.45, 2.75) is 96.8 Å². The summed E-state index contributed by atoms with van der Waals surface area (Å²) in [5.74, 6) is -0.148. The Bertz CT molecular complexity index is 294. The molecule has 0 amide bonds. The highest BCUT2D eigenvalue weighted by molar-refractivity contribution is 5.71. The average molecular weight is 357 g/mol. The zero-order chi connectivity index (χ0) is 17.7. The van der Waals surface area contributed by atoms with Crippen LogP contribution in [0.25, 0.3) is 0 Å². The molecule has 25 heavy (non-hydrogen) atoms. The maximum absolute atomic E-state index is 11.1. The van der Waals surface area contributed by atoms with Crippen molar-refractivity contribution in [1.29, 1.82) is 0 Å². The summed E-state index contributed by atoms with van der Waals surface area (Å²) in [5.41, 5.74) is 0. The van der Waals surface area contributed by atoms with Crippen molar-refractivity contribution in [3.8, 4) is 0 Å². The van der Waals surface area contributed by atoms with Crippen LogP contribution in [0.15, 0.2) is 12.2 Å². The third-order valence-corrected chi connectivity index (χ3v) is 4.24. The fourth-order valence-corrected chi connectivity index (χ4v) is 2.73. The van der Waals surface area contributed by atoms with Crippen LogP contribution in [-0.4, -0.2) is 26.2 Å². The molecule has 0 aromatic carbocycles. The zero-order valence-electron chi connectivity index (χ0n) is 17.0. The summed E-state index contributed by atoms with van der Waals surface area (Å²) in [6.07, 6.45) is 22.9. The molecule has 4 heteroatoms. The van der Waals surface area contributed by atoms with Crippen LogP contribution in [0.2, 0.25) is 0 Å². The molecule has 0 aliphatic rings. The van der Waals surface area contributed by atoms with E-state index in [-0.39, 0.29) is 12.1 Å². The number of hydrogen-bond acceptors (Lipinski definition) is 4. The van der Waals surface area contributed by atoms with Gasteiger partial charge in [-0.25, -0.2) is 0 Å². The van der Waals surface area contributed by atoms with Crippen LogP contribution < -0.4 is 11.5 Å². The van der Waals surface area contributed by atoms with E-state index >= 15 is 0 Å². The number of ether oxygens (including phenoxy) is 1. The van der Waals surface area contributed by atoms with Gasteiger partial charge in [0, 0.05) is 0 Å². The first kappa shape index (κ1) is 26.4. The first-order chi connectivity index (χ1) is 11.8. The minimum Gasteiger partial charge on any atom is -0.465 e. The Morgan fingerprint density at radius 1 is 0.800 bits per heavy atom. The third kappa shape index (κ3) is 23.1. The molecule has 150 valence electrons. The highest BCUT2D eigenvalue weighted by atomic mass is 16.5. The van der Waals surface area contributed by atoms with Gasteiger partial charge in [-0.2, -0.15) is 0 Å². The van der Waals surface area contributed by atoms with Gasteiger partial charge in [0.1, 0.15) is 0 Å². The number of rotatable bonds is 18. The van der Waals surface area contributed by atoms with E-state index < -0.39 is 0 Å². The molecule has 0 bridgehead atoms. The molecule has 0 radical (unpaired) electrons. The van der Waals surface area contributed by atoms with E-state index in [0.717, 1.165) is 6.42 Å². The maximum atomic E-state index is 11.1. The summed E-state index contributed by atoms with van der Waals surface area (Å²) >= 11 is 0. The fraction of sp³-hybridized carbons (Fsp3) is 0.857. The molecule has 0 spiro atoms. The lowest BCUT2D eigenvalue weighted by Gasteiger charge is -2.04. The average Bonchev–Trinajstić information content (AvgIpc) is 2.58. The van der Waals surface area contributed by atoms with Crippen LogP contribution in [0, 0.1) is 0 Å². The fourth-order valence-electron chi connectivity index (χ4n) is 2.73. The molecule has 0 aromatic rings. The van der Waals surface area contributed by atoms with Crippen molar-refractivity contribution in [2.24, 2.45) is 0 Å². The molecule has 0 rings (SSSR count). The Labute approximate surface area is 156 Å². The number of hydrogen-bond donors (Lipinski definition) is 2. The Kier molecular flexibility index (Phi) is 24.4. The Morgan fingerprint density at radius 2 is 1.28 bits per heavy atom. The summed E-state index contributed by atoms with van der Waals surface area (Å²) in [6, 6.07) is 0. The standard InChI is InChI=1S/C21H41NO2.H3N/c1-3-4-5-6-7-8-9-10-11-12-13-14-15-16-17-18-19-24-21(23)20-22-2;/h10-11,22H,3-9,12-20H2,1-2H3;1H3/b11-10-;. The molecule has 0 fully saturated rings. The topological polar surface area (TPSA) is 73.3 Å². The van der Waals surface area contributed by atoms with Gasteiger partial charge in [0.05, 0.1) is 13.2 Å². The summed E-state index contributed by atoms with van der Waals surface area (Å²) < 4.78 is 5.09. The molecule has 4 N–H and O–H groups in total. The summed E-state index contributed by atoms with van der Waals surface area (Å²) in [6.45, 7) is 3.15.